The maximum absolute atomic E-state index is 12.0. The third-order valence-corrected chi connectivity index (χ3v) is 6.59. The summed E-state index contributed by atoms with van der Waals surface area (Å²) in [6.45, 7) is 3.28. The van der Waals surface area contributed by atoms with Gasteiger partial charge in [-0.15, -0.1) is 24.0 Å². The number of rotatable bonds is 6. The Bertz CT molecular complexity index is 1150. The zero-order valence-electron chi connectivity index (χ0n) is 19.4. The SMILES string of the molecule is CN=C(NCc1cccc(-n2cccn2)c1)N1CC(CCN2CCCC2=O)c2ccccc21.I. The lowest BCUT2D eigenvalue weighted by atomic mass is 9.98. The topological polar surface area (TPSA) is 65.8 Å². The highest BCUT2D eigenvalue weighted by Gasteiger charge is 2.32. The van der Waals surface area contributed by atoms with E-state index < -0.39 is 0 Å². The van der Waals surface area contributed by atoms with Crippen molar-refractivity contribution in [1.29, 1.82) is 0 Å². The first-order valence-electron chi connectivity index (χ1n) is 11.7. The van der Waals surface area contributed by atoms with E-state index in [2.05, 4.69) is 68.8 Å². The molecule has 1 N–H and O–H groups in total. The summed E-state index contributed by atoms with van der Waals surface area (Å²) in [5, 5.41) is 7.87. The fourth-order valence-corrected chi connectivity index (χ4v) is 4.90. The number of nitrogens with one attached hydrogen (secondary N) is 1. The first-order chi connectivity index (χ1) is 16.2. The van der Waals surface area contributed by atoms with Crippen LogP contribution in [0.2, 0.25) is 0 Å². The highest BCUT2D eigenvalue weighted by Crippen LogP contribution is 2.38. The molecule has 2 aliphatic heterocycles. The number of likely N-dealkylation sites (tertiary alicyclic amines) is 1. The van der Waals surface area contributed by atoms with Crippen LogP contribution in [-0.4, -0.2) is 53.2 Å². The molecule has 0 aliphatic carbocycles. The molecule has 1 fully saturated rings. The number of benzene rings is 2. The van der Waals surface area contributed by atoms with Gasteiger partial charge in [-0.25, -0.2) is 4.68 Å². The number of carbonyl (C=O) groups excluding carboxylic acids is 1. The third-order valence-electron chi connectivity index (χ3n) is 6.59. The molecule has 0 bridgehead atoms. The molecule has 0 radical (unpaired) electrons. The number of aromatic nitrogens is 2. The molecule has 34 heavy (non-hydrogen) atoms. The molecule has 1 saturated heterocycles. The van der Waals surface area contributed by atoms with E-state index in [-0.39, 0.29) is 24.0 Å². The van der Waals surface area contributed by atoms with Crippen molar-refractivity contribution >= 4 is 41.5 Å². The molecule has 7 nitrogen and oxygen atoms in total. The fraction of sp³-hybridized carbons (Fsp3) is 0.346. The van der Waals surface area contributed by atoms with Gasteiger partial charge in [-0.05, 0) is 48.2 Å². The summed E-state index contributed by atoms with van der Waals surface area (Å²) in [7, 11) is 1.83. The van der Waals surface area contributed by atoms with Crippen molar-refractivity contribution in [2.45, 2.75) is 31.7 Å². The van der Waals surface area contributed by atoms with E-state index >= 15 is 0 Å². The van der Waals surface area contributed by atoms with Gasteiger partial charge in [0.25, 0.3) is 0 Å². The minimum Gasteiger partial charge on any atom is -0.352 e. The average molecular weight is 570 g/mol. The number of amides is 1. The molecule has 3 heterocycles. The van der Waals surface area contributed by atoms with Crippen molar-refractivity contribution in [3.8, 4) is 5.69 Å². The van der Waals surface area contributed by atoms with Crippen LogP contribution in [0.4, 0.5) is 5.69 Å². The number of para-hydroxylation sites is 1. The van der Waals surface area contributed by atoms with Crippen molar-refractivity contribution in [1.82, 2.24) is 20.0 Å². The molecule has 5 rings (SSSR count). The normalized spacial score (nSPS) is 17.6. The van der Waals surface area contributed by atoms with Crippen molar-refractivity contribution in [3.63, 3.8) is 0 Å². The first kappa shape index (κ1) is 24.3. The average Bonchev–Trinajstić information content (AvgIpc) is 3.60. The molecule has 1 unspecified atom stereocenters. The van der Waals surface area contributed by atoms with E-state index in [1.807, 2.05) is 28.9 Å². The van der Waals surface area contributed by atoms with Crippen LogP contribution >= 0.6 is 24.0 Å². The molecule has 0 saturated carbocycles. The maximum atomic E-state index is 12.0. The predicted octanol–water partition coefficient (Wildman–Crippen LogP) is 4.18. The Morgan fingerprint density at radius 2 is 2.06 bits per heavy atom. The molecular formula is C26H31IN6O. The largest absolute Gasteiger partial charge is 0.352 e. The molecule has 3 aromatic rings. The summed E-state index contributed by atoms with van der Waals surface area (Å²) >= 11 is 0. The smallest absolute Gasteiger partial charge is 0.222 e. The monoisotopic (exact) mass is 570 g/mol. The lowest BCUT2D eigenvalue weighted by Crippen LogP contribution is -2.40. The molecule has 1 atom stereocenters. The fourth-order valence-electron chi connectivity index (χ4n) is 4.90. The van der Waals surface area contributed by atoms with Gasteiger partial charge in [-0.1, -0.05) is 30.3 Å². The van der Waals surface area contributed by atoms with Crippen LogP contribution in [0, 0.1) is 0 Å². The minimum atomic E-state index is 0. The summed E-state index contributed by atoms with van der Waals surface area (Å²) in [5.41, 5.74) is 4.75. The Morgan fingerprint density at radius 3 is 2.82 bits per heavy atom. The van der Waals surface area contributed by atoms with Crippen LogP contribution in [-0.2, 0) is 11.3 Å². The summed E-state index contributed by atoms with van der Waals surface area (Å²) in [6, 6.07) is 18.9. The summed E-state index contributed by atoms with van der Waals surface area (Å²) in [5.74, 6) is 1.55. The number of hydrogen-bond acceptors (Lipinski definition) is 3. The quantitative estimate of drug-likeness (QED) is 0.275. The number of fused-ring (bicyclic) bond motifs is 1. The van der Waals surface area contributed by atoms with Crippen LogP contribution < -0.4 is 10.2 Å². The van der Waals surface area contributed by atoms with Gasteiger partial charge in [0.2, 0.25) is 5.91 Å². The van der Waals surface area contributed by atoms with E-state index in [0.29, 0.717) is 24.8 Å². The Labute approximate surface area is 217 Å². The second-order valence-corrected chi connectivity index (χ2v) is 8.66. The Kier molecular flexibility index (Phi) is 7.87. The third kappa shape index (κ3) is 5.11. The number of halogens is 1. The van der Waals surface area contributed by atoms with Crippen LogP contribution in [0.3, 0.4) is 0 Å². The Morgan fingerprint density at radius 1 is 1.18 bits per heavy atom. The standard InChI is InChI=1S/C26H30N6O.HI/c1-27-26(28-18-20-7-4-8-22(17-20)32-15-6-13-29-32)31-19-21(23-9-2-3-10-24(23)31)12-16-30-14-5-11-25(30)33;/h2-4,6-10,13,15,17,21H,5,11-12,14,16,18-19H2,1H3,(H,27,28);1H. The molecule has 2 aromatic carbocycles. The number of hydrogen-bond donors (Lipinski definition) is 1. The summed E-state index contributed by atoms with van der Waals surface area (Å²) < 4.78 is 1.87. The zero-order chi connectivity index (χ0) is 22.6. The lowest BCUT2D eigenvalue weighted by molar-refractivity contribution is -0.127. The number of guanidine groups is 1. The Hall–Kier alpha value is -2.88. The highest BCUT2D eigenvalue weighted by molar-refractivity contribution is 14.0. The van der Waals surface area contributed by atoms with Gasteiger partial charge in [-0.2, -0.15) is 5.10 Å². The second-order valence-electron chi connectivity index (χ2n) is 8.66. The van der Waals surface area contributed by atoms with Crippen molar-refractivity contribution in [3.05, 3.63) is 78.1 Å². The van der Waals surface area contributed by atoms with Gasteiger partial charge in [0, 0.05) is 63.6 Å². The molecule has 178 valence electrons. The summed E-state index contributed by atoms with van der Waals surface area (Å²) in [6.07, 6.45) is 6.40. The van der Waals surface area contributed by atoms with E-state index in [0.717, 1.165) is 44.1 Å². The number of anilines is 1. The van der Waals surface area contributed by atoms with Gasteiger partial charge in [0.05, 0.1) is 5.69 Å². The van der Waals surface area contributed by atoms with E-state index in [4.69, 9.17) is 0 Å². The van der Waals surface area contributed by atoms with Gasteiger partial charge in [0.15, 0.2) is 5.96 Å². The van der Waals surface area contributed by atoms with Gasteiger partial charge in [0.1, 0.15) is 0 Å². The van der Waals surface area contributed by atoms with Crippen LogP contribution in [0.15, 0.2) is 72.0 Å². The van der Waals surface area contributed by atoms with Crippen LogP contribution in [0.5, 0.6) is 0 Å². The number of carbonyl (C=O) groups is 1. The van der Waals surface area contributed by atoms with Gasteiger partial charge < -0.3 is 15.1 Å². The zero-order valence-corrected chi connectivity index (χ0v) is 21.8. The lowest BCUT2D eigenvalue weighted by Gasteiger charge is -2.23. The Balaban J connectivity index is 0.00000274. The molecular weight excluding hydrogens is 539 g/mol. The van der Waals surface area contributed by atoms with Crippen LogP contribution in [0.25, 0.3) is 5.69 Å². The predicted molar refractivity (Wildman–Crippen MR) is 146 cm³/mol. The first-order valence-corrected chi connectivity index (χ1v) is 11.7. The van der Waals surface area contributed by atoms with Gasteiger partial charge in [-0.3, -0.25) is 9.79 Å². The van der Waals surface area contributed by atoms with E-state index in [9.17, 15) is 4.79 Å². The second kappa shape index (κ2) is 11.0. The van der Waals surface area contributed by atoms with Crippen molar-refractivity contribution < 1.29 is 4.79 Å². The van der Waals surface area contributed by atoms with E-state index in [1.54, 1.807) is 6.20 Å². The number of aliphatic imine (C=N–C) groups is 1. The van der Waals surface area contributed by atoms with E-state index in [1.165, 1.54) is 16.8 Å². The molecule has 8 heteroatoms. The van der Waals surface area contributed by atoms with Crippen molar-refractivity contribution in [2.24, 2.45) is 4.99 Å². The van der Waals surface area contributed by atoms with Crippen LogP contribution in [0.1, 0.15) is 36.3 Å². The molecule has 1 amide bonds. The minimum absolute atomic E-state index is 0. The summed E-state index contributed by atoms with van der Waals surface area (Å²) in [4.78, 5) is 20.9. The van der Waals surface area contributed by atoms with Crippen molar-refractivity contribution in [2.75, 3.05) is 31.6 Å². The molecule has 1 aromatic heterocycles. The highest BCUT2D eigenvalue weighted by atomic mass is 127. The molecule has 0 spiro atoms. The maximum Gasteiger partial charge on any atom is 0.222 e. The van der Waals surface area contributed by atoms with Gasteiger partial charge >= 0.3 is 0 Å². The number of nitrogens with zero attached hydrogens (tertiary/aromatic N) is 5. The molecule has 2 aliphatic rings.